The Balaban J connectivity index is 1.39. The highest BCUT2D eigenvalue weighted by Crippen LogP contribution is 2.30. The molecule has 0 unspecified atom stereocenters. The second-order valence-electron chi connectivity index (χ2n) is 6.25. The summed E-state index contributed by atoms with van der Waals surface area (Å²) >= 11 is 15.3. The number of aryl methyl sites for hydroxylation is 1. The minimum absolute atomic E-state index is 0.00987. The minimum atomic E-state index is 0.00987. The van der Waals surface area contributed by atoms with Gasteiger partial charge in [0.1, 0.15) is 4.34 Å². The fourth-order valence-electron chi connectivity index (χ4n) is 2.61. The monoisotopic (exact) mass is 450 g/mol. The third kappa shape index (κ3) is 6.82. The van der Waals surface area contributed by atoms with E-state index in [-0.39, 0.29) is 5.91 Å². The maximum absolute atomic E-state index is 12.1. The van der Waals surface area contributed by atoms with E-state index >= 15 is 0 Å². The molecule has 1 amide bonds. The number of halogens is 2. The first-order valence-electron chi connectivity index (χ1n) is 8.92. The summed E-state index contributed by atoms with van der Waals surface area (Å²) in [5.74, 6) is 0.727. The van der Waals surface area contributed by atoms with Gasteiger partial charge in [-0.05, 0) is 36.1 Å². The van der Waals surface area contributed by atoms with Crippen LogP contribution in [0.25, 0.3) is 0 Å². The lowest BCUT2D eigenvalue weighted by Crippen LogP contribution is -2.26. The maximum Gasteiger partial charge on any atom is 0.226 e. The van der Waals surface area contributed by atoms with Crippen molar-refractivity contribution in [2.45, 2.75) is 29.4 Å². The van der Waals surface area contributed by atoms with Crippen molar-refractivity contribution < 1.29 is 4.79 Å². The molecule has 7 heteroatoms. The van der Waals surface area contributed by atoms with Gasteiger partial charge in [-0.3, -0.25) is 4.79 Å². The number of nitrogens with one attached hydrogen (secondary N) is 1. The Morgan fingerprint density at radius 3 is 2.75 bits per heavy atom. The molecule has 0 atom stereocenters. The fraction of sp³-hybridized carbons (Fsp3) is 0.238. The molecule has 0 saturated carbocycles. The van der Waals surface area contributed by atoms with Crippen molar-refractivity contribution in [1.29, 1.82) is 0 Å². The molecule has 0 aliphatic rings. The first-order valence-corrected chi connectivity index (χ1v) is 11.5. The van der Waals surface area contributed by atoms with Gasteiger partial charge < -0.3 is 5.32 Å². The molecule has 1 heterocycles. The van der Waals surface area contributed by atoms with Gasteiger partial charge in [-0.1, -0.05) is 71.4 Å². The van der Waals surface area contributed by atoms with Crippen molar-refractivity contribution in [2.75, 3.05) is 6.54 Å². The average Bonchev–Trinajstić information content (AvgIpc) is 3.12. The average molecular weight is 451 g/mol. The van der Waals surface area contributed by atoms with Crippen LogP contribution in [0.3, 0.4) is 0 Å². The maximum atomic E-state index is 12.1. The normalized spacial score (nSPS) is 10.8. The largest absolute Gasteiger partial charge is 0.356 e. The molecular weight excluding hydrogens is 431 g/mol. The smallest absolute Gasteiger partial charge is 0.226 e. The Hall–Kier alpha value is -1.53. The molecule has 0 aliphatic carbocycles. The zero-order valence-electron chi connectivity index (χ0n) is 15.2. The summed E-state index contributed by atoms with van der Waals surface area (Å²) in [6.07, 6.45) is 2.20. The van der Waals surface area contributed by atoms with Gasteiger partial charge in [0, 0.05) is 27.7 Å². The van der Waals surface area contributed by atoms with Crippen LogP contribution in [0.15, 0.2) is 58.3 Å². The van der Waals surface area contributed by atoms with Crippen LogP contribution in [0.2, 0.25) is 10.0 Å². The standard InChI is InChI=1S/C21H20Cl2N2OS2/c22-17-9-8-16(19(23)11-17)13-27-21-25-18(14-28-21)12-20(26)24-10-4-7-15-5-2-1-3-6-15/h1-3,5-6,8-9,11,14H,4,7,10,12-13H2,(H,24,26). The molecule has 1 aromatic heterocycles. The van der Waals surface area contributed by atoms with Crippen LogP contribution in [-0.4, -0.2) is 17.4 Å². The van der Waals surface area contributed by atoms with E-state index in [1.807, 2.05) is 35.7 Å². The molecule has 0 saturated heterocycles. The number of carbonyl (C=O) groups excluding carboxylic acids is 1. The highest BCUT2D eigenvalue weighted by atomic mass is 35.5. The van der Waals surface area contributed by atoms with Crippen LogP contribution in [0.4, 0.5) is 0 Å². The van der Waals surface area contributed by atoms with Crippen molar-refractivity contribution in [3.8, 4) is 0 Å². The SMILES string of the molecule is O=C(Cc1csc(SCc2ccc(Cl)cc2Cl)n1)NCCCc1ccccc1. The number of carbonyl (C=O) groups is 1. The number of hydrogen-bond acceptors (Lipinski definition) is 4. The molecule has 0 bridgehead atoms. The summed E-state index contributed by atoms with van der Waals surface area (Å²) in [5, 5.41) is 6.20. The molecule has 0 aliphatic heterocycles. The van der Waals surface area contributed by atoms with E-state index in [1.165, 1.54) is 5.56 Å². The van der Waals surface area contributed by atoms with Crippen molar-refractivity contribution in [3.05, 3.63) is 80.8 Å². The van der Waals surface area contributed by atoms with Crippen molar-refractivity contribution in [3.63, 3.8) is 0 Å². The predicted octanol–water partition coefficient (Wildman–Crippen LogP) is 6.03. The highest BCUT2D eigenvalue weighted by molar-refractivity contribution is 8.00. The third-order valence-electron chi connectivity index (χ3n) is 4.05. The van der Waals surface area contributed by atoms with Gasteiger partial charge in [0.15, 0.2) is 0 Å². The van der Waals surface area contributed by atoms with E-state index in [1.54, 1.807) is 29.2 Å². The van der Waals surface area contributed by atoms with E-state index in [0.717, 1.165) is 28.4 Å². The van der Waals surface area contributed by atoms with Crippen molar-refractivity contribution in [2.24, 2.45) is 0 Å². The Labute approximate surface area is 183 Å². The summed E-state index contributed by atoms with van der Waals surface area (Å²) in [4.78, 5) is 16.6. The lowest BCUT2D eigenvalue weighted by Gasteiger charge is -2.04. The predicted molar refractivity (Wildman–Crippen MR) is 120 cm³/mol. The first kappa shape index (κ1) is 21.2. The van der Waals surface area contributed by atoms with Gasteiger partial charge in [-0.25, -0.2) is 4.98 Å². The number of hydrogen-bond donors (Lipinski definition) is 1. The number of thiazole rings is 1. The molecular formula is C21H20Cl2N2OS2. The zero-order valence-corrected chi connectivity index (χ0v) is 18.3. The summed E-state index contributed by atoms with van der Waals surface area (Å²) in [6, 6.07) is 15.8. The number of rotatable bonds is 9. The number of nitrogens with zero attached hydrogens (tertiary/aromatic N) is 1. The molecule has 28 heavy (non-hydrogen) atoms. The number of aromatic nitrogens is 1. The lowest BCUT2D eigenvalue weighted by atomic mass is 10.1. The van der Waals surface area contributed by atoms with Gasteiger partial charge in [0.05, 0.1) is 12.1 Å². The summed E-state index contributed by atoms with van der Waals surface area (Å²) in [6.45, 7) is 0.675. The molecule has 1 N–H and O–H groups in total. The molecule has 0 fully saturated rings. The summed E-state index contributed by atoms with van der Waals surface area (Å²) < 4.78 is 0.929. The highest BCUT2D eigenvalue weighted by Gasteiger charge is 2.09. The van der Waals surface area contributed by atoms with Gasteiger partial charge in [-0.2, -0.15) is 0 Å². The first-order chi connectivity index (χ1) is 13.6. The zero-order chi connectivity index (χ0) is 19.8. The van der Waals surface area contributed by atoms with E-state index < -0.39 is 0 Å². The van der Waals surface area contributed by atoms with Crippen LogP contribution in [-0.2, 0) is 23.4 Å². The topological polar surface area (TPSA) is 42.0 Å². The van der Waals surface area contributed by atoms with E-state index in [9.17, 15) is 4.79 Å². The molecule has 3 rings (SSSR count). The molecule has 146 valence electrons. The van der Waals surface area contributed by atoms with Gasteiger partial charge >= 0.3 is 0 Å². The summed E-state index contributed by atoms with van der Waals surface area (Å²) in [5.41, 5.74) is 3.11. The van der Waals surface area contributed by atoms with Crippen LogP contribution < -0.4 is 5.32 Å². The lowest BCUT2D eigenvalue weighted by molar-refractivity contribution is -0.120. The molecule has 0 radical (unpaired) electrons. The van der Waals surface area contributed by atoms with Gasteiger partial charge in [0.2, 0.25) is 5.91 Å². The van der Waals surface area contributed by atoms with E-state index in [4.69, 9.17) is 23.2 Å². The van der Waals surface area contributed by atoms with Gasteiger partial charge in [-0.15, -0.1) is 11.3 Å². The molecule has 0 spiro atoms. The van der Waals surface area contributed by atoms with Gasteiger partial charge in [0.25, 0.3) is 0 Å². The van der Waals surface area contributed by atoms with E-state index in [0.29, 0.717) is 28.8 Å². The Morgan fingerprint density at radius 2 is 1.96 bits per heavy atom. The minimum Gasteiger partial charge on any atom is -0.356 e. The molecule has 3 aromatic rings. The van der Waals surface area contributed by atoms with Crippen molar-refractivity contribution >= 4 is 52.2 Å². The second kappa shape index (κ2) is 10.9. The van der Waals surface area contributed by atoms with Crippen molar-refractivity contribution in [1.82, 2.24) is 10.3 Å². The van der Waals surface area contributed by atoms with Crippen LogP contribution in [0.5, 0.6) is 0 Å². The Bertz CT molecular complexity index is 916. The van der Waals surface area contributed by atoms with Crippen LogP contribution >= 0.6 is 46.3 Å². The molecule has 2 aromatic carbocycles. The second-order valence-corrected chi connectivity index (χ2v) is 9.17. The molecule has 3 nitrogen and oxygen atoms in total. The Morgan fingerprint density at radius 1 is 1.14 bits per heavy atom. The fourth-order valence-corrected chi connectivity index (χ4v) is 5.01. The quantitative estimate of drug-likeness (QED) is 0.319. The van der Waals surface area contributed by atoms with Crippen LogP contribution in [0, 0.1) is 0 Å². The number of amides is 1. The Kier molecular flexibility index (Phi) is 8.22. The number of thioether (sulfide) groups is 1. The number of benzene rings is 2. The van der Waals surface area contributed by atoms with Crippen LogP contribution in [0.1, 0.15) is 23.2 Å². The third-order valence-corrected chi connectivity index (χ3v) is 6.75. The summed E-state index contributed by atoms with van der Waals surface area (Å²) in [7, 11) is 0. The van der Waals surface area contributed by atoms with E-state index in [2.05, 4.69) is 22.4 Å².